The van der Waals surface area contributed by atoms with Gasteiger partial charge < -0.3 is 25.0 Å². The van der Waals surface area contributed by atoms with Gasteiger partial charge in [0.05, 0.1) is 12.7 Å². The first-order valence-corrected chi connectivity index (χ1v) is 11.5. The van der Waals surface area contributed by atoms with Crippen LogP contribution in [0.5, 0.6) is 0 Å². The van der Waals surface area contributed by atoms with Gasteiger partial charge in [-0.05, 0) is 44.0 Å². The number of nitrogens with zero attached hydrogens (tertiary/aromatic N) is 3. The Morgan fingerprint density at radius 2 is 2.00 bits per heavy atom. The van der Waals surface area contributed by atoms with Crippen LogP contribution in [0, 0.1) is 0 Å². The monoisotopic (exact) mass is 437 g/mol. The average Bonchev–Trinajstić information content (AvgIpc) is 3.29. The van der Waals surface area contributed by atoms with Crippen LogP contribution in [0.2, 0.25) is 5.02 Å². The van der Waals surface area contributed by atoms with Crippen LogP contribution in [-0.4, -0.2) is 89.6 Å². The number of halogens is 1. The number of benzene rings is 1. The van der Waals surface area contributed by atoms with Gasteiger partial charge in [-0.15, -0.1) is 0 Å². The fraction of sp³-hybridized carbons (Fsp3) is 0.682. The summed E-state index contributed by atoms with van der Waals surface area (Å²) >= 11 is 6.12. The highest BCUT2D eigenvalue weighted by atomic mass is 35.5. The van der Waals surface area contributed by atoms with Gasteiger partial charge in [0.15, 0.2) is 5.96 Å². The molecular formula is C22H36ClN5O2. The molecule has 168 valence electrons. The lowest BCUT2D eigenvalue weighted by Gasteiger charge is -2.36. The molecule has 2 aliphatic rings. The van der Waals surface area contributed by atoms with Crippen molar-refractivity contribution in [1.29, 1.82) is 0 Å². The van der Waals surface area contributed by atoms with E-state index in [1.807, 2.05) is 19.2 Å². The third-order valence-electron chi connectivity index (χ3n) is 5.57. The Hall–Kier alpha value is -1.54. The molecule has 1 aromatic rings. The van der Waals surface area contributed by atoms with Crippen molar-refractivity contribution in [3.05, 3.63) is 29.3 Å². The van der Waals surface area contributed by atoms with Crippen molar-refractivity contribution in [3.8, 4) is 0 Å². The summed E-state index contributed by atoms with van der Waals surface area (Å²) in [4.78, 5) is 9.24. The smallest absolute Gasteiger partial charge is 0.190 e. The Labute approximate surface area is 185 Å². The van der Waals surface area contributed by atoms with Gasteiger partial charge >= 0.3 is 0 Å². The lowest BCUT2D eigenvalue weighted by molar-refractivity contribution is 0.0420. The number of hydrogen-bond donors (Lipinski definition) is 2. The third kappa shape index (κ3) is 7.95. The van der Waals surface area contributed by atoms with Crippen LogP contribution in [0.4, 0.5) is 5.69 Å². The van der Waals surface area contributed by atoms with Crippen LogP contribution in [0.25, 0.3) is 0 Å². The van der Waals surface area contributed by atoms with Crippen molar-refractivity contribution in [2.75, 3.05) is 77.6 Å². The van der Waals surface area contributed by atoms with E-state index < -0.39 is 0 Å². The van der Waals surface area contributed by atoms with Crippen molar-refractivity contribution in [2.24, 2.45) is 4.99 Å². The number of anilines is 1. The maximum atomic E-state index is 6.12. The molecule has 0 aromatic heterocycles. The summed E-state index contributed by atoms with van der Waals surface area (Å²) in [7, 11) is 1.82. The number of hydrogen-bond acceptors (Lipinski definition) is 5. The first-order valence-electron chi connectivity index (χ1n) is 11.1. The molecule has 1 aromatic carbocycles. The van der Waals surface area contributed by atoms with Crippen molar-refractivity contribution >= 4 is 23.2 Å². The Morgan fingerprint density at radius 1 is 1.20 bits per heavy atom. The second-order valence-corrected chi connectivity index (χ2v) is 8.23. The van der Waals surface area contributed by atoms with Gasteiger partial charge in [-0.3, -0.25) is 9.89 Å². The van der Waals surface area contributed by atoms with Crippen LogP contribution < -0.4 is 15.5 Å². The van der Waals surface area contributed by atoms with Crippen LogP contribution in [0.3, 0.4) is 0 Å². The predicted molar refractivity (Wildman–Crippen MR) is 124 cm³/mol. The molecule has 7 nitrogen and oxygen atoms in total. The molecule has 0 saturated carbocycles. The van der Waals surface area contributed by atoms with E-state index in [4.69, 9.17) is 21.1 Å². The third-order valence-corrected chi connectivity index (χ3v) is 5.80. The van der Waals surface area contributed by atoms with Crippen LogP contribution in [-0.2, 0) is 9.47 Å². The average molecular weight is 438 g/mol. The molecule has 2 N–H and O–H groups in total. The molecule has 3 rings (SSSR count). The van der Waals surface area contributed by atoms with Crippen LogP contribution >= 0.6 is 11.6 Å². The van der Waals surface area contributed by atoms with Gasteiger partial charge in [-0.2, -0.15) is 0 Å². The molecule has 0 aliphatic carbocycles. The minimum Gasteiger partial charge on any atom is -0.379 e. The lowest BCUT2D eigenvalue weighted by atomic mass is 10.2. The van der Waals surface area contributed by atoms with E-state index in [1.165, 1.54) is 5.69 Å². The minimum absolute atomic E-state index is 0.287. The van der Waals surface area contributed by atoms with Crippen LogP contribution in [0.1, 0.15) is 19.3 Å². The standard InChI is InChI=1S/C22H36ClN5O2/c1-24-22(26-9-4-15-30-21-7-16-29-18-21)25-8-3-10-27-11-13-28(14-12-27)20-6-2-5-19(23)17-20/h2,5-6,17,21H,3-4,7-16,18H2,1H3,(H2,24,25,26). The number of aliphatic imine (C=N–C) groups is 1. The zero-order valence-corrected chi connectivity index (χ0v) is 18.9. The highest BCUT2D eigenvalue weighted by Gasteiger charge is 2.17. The van der Waals surface area contributed by atoms with Crippen molar-refractivity contribution < 1.29 is 9.47 Å². The molecule has 0 bridgehead atoms. The van der Waals surface area contributed by atoms with E-state index in [9.17, 15) is 0 Å². The summed E-state index contributed by atoms with van der Waals surface area (Å²) in [6, 6.07) is 8.14. The van der Waals surface area contributed by atoms with E-state index in [2.05, 4.69) is 37.6 Å². The zero-order valence-electron chi connectivity index (χ0n) is 18.1. The highest BCUT2D eigenvalue weighted by molar-refractivity contribution is 6.30. The maximum absolute atomic E-state index is 6.12. The molecule has 0 radical (unpaired) electrons. The minimum atomic E-state index is 0.287. The lowest BCUT2D eigenvalue weighted by Crippen LogP contribution is -2.47. The SMILES string of the molecule is CN=C(NCCCOC1CCOC1)NCCCN1CCN(c2cccc(Cl)c2)CC1. The van der Waals surface area contributed by atoms with Crippen molar-refractivity contribution in [2.45, 2.75) is 25.4 Å². The Bertz CT molecular complexity index is 646. The largest absolute Gasteiger partial charge is 0.379 e. The molecule has 2 aliphatic heterocycles. The molecule has 0 spiro atoms. The number of guanidine groups is 1. The molecule has 2 fully saturated rings. The highest BCUT2D eigenvalue weighted by Crippen LogP contribution is 2.20. The van der Waals surface area contributed by atoms with E-state index >= 15 is 0 Å². The summed E-state index contributed by atoms with van der Waals surface area (Å²) in [5.74, 6) is 0.866. The number of rotatable bonds is 10. The topological polar surface area (TPSA) is 61.4 Å². The van der Waals surface area contributed by atoms with E-state index in [0.29, 0.717) is 0 Å². The second kappa shape index (κ2) is 13.0. The van der Waals surface area contributed by atoms with Gasteiger partial charge in [0.1, 0.15) is 0 Å². The Balaban J connectivity index is 1.21. The zero-order chi connectivity index (χ0) is 21.0. The first kappa shape index (κ1) is 23.1. The quantitative estimate of drug-likeness (QED) is 0.332. The Kier molecular flexibility index (Phi) is 10.0. The second-order valence-electron chi connectivity index (χ2n) is 7.80. The van der Waals surface area contributed by atoms with E-state index in [0.717, 1.165) is 95.9 Å². The van der Waals surface area contributed by atoms with Gasteiger partial charge in [0.25, 0.3) is 0 Å². The molecule has 1 unspecified atom stereocenters. The predicted octanol–water partition coefficient (Wildman–Crippen LogP) is 2.21. The Morgan fingerprint density at radius 3 is 2.70 bits per heavy atom. The molecule has 30 heavy (non-hydrogen) atoms. The number of nitrogens with one attached hydrogen (secondary N) is 2. The van der Waals surface area contributed by atoms with Crippen molar-refractivity contribution in [3.63, 3.8) is 0 Å². The fourth-order valence-electron chi connectivity index (χ4n) is 3.81. The molecule has 0 amide bonds. The molecule has 2 saturated heterocycles. The summed E-state index contributed by atoms with van der Waals surface area (Å²) in [5.41, 5.74) is 1.22. The van der Waals surface area contributed by atoms with Gasteiger partial charge in [0, 0.05) is 70.2 Å². The summed E-state index contributed by atoms with van der Waals surface area (Å²) in [6.07, 6.45) is 3.37. The molecular weight excluding hydrogens is 402 g/mol. The summed E-state index contributed by atoms with van der Waals surface area (Å²) in [5, 5.41) is 7.57. The number of ether oxygens (including phenoxy) is 2. The fourth-order valence-corrected chi connectivity index (χ4v) is 3.99. The number of piperazine rings is 1. The maximum Gasteiger partial charge on any atom is 0.190 e. The summed E-state index contributed by atoms with van der Waals surface area (Å²) in [6.45, 7) is 9.49. The summed E-state index contributed by atoms with van der Waals surface area (Å²) < 4.78 is 11.1. The molecule has 2 heterocycles. The first-order chi connectivity index (χ1) is 14.7. The van der Waals surface area contributed by atoms with Gasteiger partial charge in [-0.1, -0.05) is 17.7 Å². The van der Waals surface area contributed by atoms with Gasteiger partial charge in [-0.25, -0.2) is 0 Å². The molecule has 8 heteroatoms. The normalized spacial score (nSPS) is 20.5. The van der Waals surface area contributed by atoms with Gasteiger partial charge in [0.2, 0.25) is 0 Å². The van der Waals surface area contributed by atoms with E-state index in [1.54, 1.807) is 0 Å². The molecule has 1 atom stereocenters. The van der Waals surface area contributed by atoms with E-state index in [-0.39, 0.29) is 6.10 Å². The van der Waals surface area contributed by atoms with Crippen molar-refractivity contribution in [1.82, 2.24) is 15.5 Å². The van der Waals surface area contributed by atoms with Crippen LogP contribution in [0.15, 0.2) is 29.3 Å².